The highest BCUT2D eigenvalue weighted by Gasteiger charge is 2.40. The molecule has 1 amide bonds. The van der Waals surface area contributed by atoms with E-state index in [0.29, 0.717) is 30.6 Å². The van der Waals surface area contributed by atoms with Crippen molar-refractivity contribution in [2.45, 2.75) is 87.7 Å². The Kier molecular flexibility index (Phi) is 8.77. The van der Waals surface area contributed by atoms with Crippen LogP contribution in [0.2, 0.25) is 5.02 Å². The van der Waals surface area contributed by atoms with Gasteiger partial charge in [-0.2, -0.15) is 4.31 Å². The molecular formula is C25H38ClN3O4S. The van der Waals surface area contributed by atoms with Gasteiger partial charge in [0.2, 0.25) is 10.0 Å². The van der Waals surface area contributed by atoms with Crippen LogP contribution in [0.25, 0.3) is 0 Å². The predicted molar refractivity (Wildman–Crippen MR) is 134 cm³/mol. The van der Waals surface area contributed by atoms with Crippen LogP contribution in [0.3, 0.4) is 0 Å². The number of amides is 1. The number of carbonyl (C=O) groups is 1. The number of hydrogen-bond donors (Lipinski definition) is 0. The maximum atomic E-state index is 13.5. The topological polar surface area (TPSA) is 70.2 Å². The van der Waals surface area contributed by atoms with E-state index in [1.54, 1.807) is 33.5 Å². The molecule has 0 bridgehead atoms. The molecule has 1 aromatic carbocycles. The van der Waals surface area contributed by atoms with Gasteiger partial charge < -0.3 is 14.5 Å². The van der Waals surface area contributed by atoms with Crippen LogP contribution in [0, 0.1) is 0 Å². The number of piperidine rings is 3. The Balaban J connectivity index is 1.36. The normalized spacial score (nSPS) is 25.9. The fourth-order valence-corrected chi connectivity index (χ4v) is 7.81. The Morgan fingerprint density at radius 1 is 0.941 bits per heavy atom. The molecule has 34 heavy (non-hydrogen) atoms. The molecule has 9 heteroatoms. The van der Waals surface area contributed by atoms with Gasteiger partial charge in [-0.3, -0.25) is 0 Å². The van der Waals surface area contributed by atoms with Gasteiger partial charge in [0, 0.05) is 30.2 Å². The van der Waals surface area contributed by atoms with E-state index in [1.165, 1.54) is 32.4 Å². The van der Waals surface area contributed by atoms with Crippen LogP contribution in [0.5, 0.6) is 0 Å². The van der Waals surface area contributed by atoms with Crippen LogP contribution in [-0.2, 0) is 14.8 Å². The molecule has 0 spiro atoms. The Morgan fingerprint density at radius 2 is 1.59 bits per heavy atom. The molecule has 0 aromatic heterocycles. The van der Waals surface area contributed by atoms with Crippen LogP contribution in [0.1, 0.15) is 64.7 Å². The number of hydrogen-bond acceptors (Lipinski definition) is 5. The first kappa shape index (κ1) is 25.7. The molecule has 3 aliphatic rings. The Morgan fingerprint density at radius 3 is 2.24 bits per heavy atom. The summed E-state index contributed by atoms with van der Waals surface area (Å²) in [7, 11) is -3.72. The largest absolute Gasteiger partial charge is 0.448 e. The minimum atomic E-state index is -3.72. The summed E-state index contributed by atoms with van der Waals surface area (Å²) < 4.78 is 34.4. The lowest BCUT2D eigenvalue weighted by Gasteiger charge is -2.41. The predicted octanol–water partition coefficient (Wildman–Crippen LogP) is 4.75. The zero-order valence-electron chi connectivity index (χ0n) is 20.2. The van der Waals surface area contributed by atoms with Gasteiger partial charge in [0.05, 0.1) is 10.9 Å². The van der Waals surface area contributed by atoms with Crippen LogP contribution < -0.4 is 0 Å². The second kappa shape index (κ2) is 11.6. The number of ether oxygens (including phenoxy) is 1. The summed E-state index contributed by atoms with van der Waals surface area (Å²) in [4.78, 5) is 17.4. The van der Waals surface area contributed by atoms with E-state index in [-0.39, 0.29) is 29.7 Å². The van der Waals surface area contributed by atoms with Crippen molar-refractivity contribution in [1.29, 1.82) is 0 Å². The number of rotatable bonds is 6. The number of halogens is 1. The highest BCUT2D eigenvalue weighted by atomic mass is 35.5. The number of sulfonamides is 1. The van der Waals surface area contributed by atoms with Crippen molar-refractivity contribution in [1.82, 2.24) is 14.1 Å². The molecule has 0 saturated carbocycles. The smallest absolute Gasteiger partial charge is 0.409 e. The number of likely N-dealkylation sites (tertiary alicyclic amines) is 2. The Bertz CT molecular complexity index is 913. The molecule has 0 N–H and O–H groups in total. The Hall–Kier alpha value is -1.35. The molecule has 1 aromatic rings. The summed E-state index contributed by atoms with van der Waals surface area (Å²) in [6.07, 6.45) is 8.67. The monoisotopic (exact) mass is 511 g/mol. The Labute approximate surface area is 209 Å². The van der Waals surface area contributed by atoms with Gasteiger partial charge in [-0.15, -0.1) is 0 Å². The van der Waals surface area contributed by atoms with E-state index in [2.05, 4.69) is 4.90 Å². The average Bonchev–Trinajstić information content (AvgIpc) is 2.87. The molecule has 4 rings (SSSR count). The number of benzene rings is 1. The van der Waals surface area contributed by atoms with Crippen LogP contribution in [0.4, 0.5) is 4.79 Å². The van der Waals surface area contributed by atoms with Gasteiger partial charge in [0.1, 0.15) is 6.61 Å². The molecule has 3 aliphatic heterocycles. The third-order valence-electron chi connectivity index (χ3n) is 7.68. The van der Waals surface area contributed by atoms with E-state index < -0.39 is 10.0 Å². The van der Waals surface area contributed by atoms with Crippen LogP contribution >= 0.6 is 11.6 Å². The van der Waals surface area contributed by atoms with Gasteiger partial charge in [-0.1, -0.05) is 31.4 Å². The highest BCUT2D eigenvalue weighted by Crippen LogP contribution is 2.32. The SMILES string of the molecule is CCC1CCCC(COC(=O)N2CCC(N3CCCCC3)CC2)N1S(=O)(=O)c1ccc(Cl)cc1. The lowest BCUT2D eigenvalue weighted by atomic mass is 9.97. The number of carbonyl (C=O) groups excluding carboxylic acids is 1. The van der Waals surface area contributed by atoms with Gasteiger partial charge in [0.25, 0.3) is 0 Å². The van der Waals surface area contributed by atoms with Crippen molar-refractivity contribution < 1.29 is 17.9 Å². The standard InChI is InChI=1S/C25H38ClN3O4S/c1-2-21-7-6-8-23(29(21)34(31,32)24-11-9-20(26)10-12-24)19-33-25(30)28-17-13-22(14-18-28)27-15-4-3-5-16-27/h9-12,21-23H,2-8,13-19H2,1H3. The zero-order chi connectivity index (χ0) is 24.1. The first-order valence-corrected chi connectivity index (χ1v) is 14.7. The van der Waals surface area contributed by atoms with Crippen molar-refractivity contribution in [3.05, 3.63) is 29.3 Å². The van der Waals surface area contributed by atoms with E-state index in [9.17, 15) is 13.2 Å². The molecule has 0 radical (unpaired) electrons. The summed E-state index contributed by atoms with van der Waals surface area (Å²) in [5.74, 6) is 0. The summed E-state index contributed by atoms with van der Waals surface area (Å²) in [5.41, 5.74) is 0. The van der Waals surface area contributed by atoms with Gasteiger partial charge in [-0.05, 0) is 82.3 Å². The maximum Gasteiger partial charge on any atom is 0.409 e. The minimum absolute atomic E-state index is 0.0915. The van der Waals surface area contributed by atoms with Gasteiger partial charge >= 0.3 is 6.09 Å². The van der Waals surface area contributed by atoms with E-state index in [4.69, 9.17) is 16.3 Å². The summed E-state index contributed by atoms with van der Waals surface area (Å²) >= 11 is 5.97. The van der Waals surface area contributed by atoms with Crippen molar-refractivity contribution >= 4 is 27.7 Å². The fourth-order valence-electron chi connectivity index (χ4n) is 5.76. The molecule has 7 nitrogen and oxygen atoms in total. The van der Waals surface area contributed by atoms with Gasteiger partial charge in [0.15, 0.2) is 0 Å². The first-order chi connectivity index (χ1) is 16.4. The highest BCUT2D eigenvalue weighted by molar-refractivity contribution is 7.89. The molecule has 3 fully saturated rings. The summed E-state index contributed by atoms with van der Waals surface area (Å²) in [6, 6.07) is 6.41. The van der Waals surface area contributed by atoms with Crippen molar-refractivity contribution in [3.63, 3.8) is 0 Å². The average molecular weight is 512 g/mol. The molecule has 2 unspecified atom stereocenters. The van der Waals surface area contributed by atoms with E-state index >= 15 is 0 Å². The molecular weight excluding hydrogens is 474 g/mol. The molecule has 190 valence electrons. The summed E-state index contributed by atoms with van der Waals surface area (Å²) in [6.45, 7) is 5.86. The zero-order valence-corrected chi connectivity index (χ0v) is 21.8. The van der Waals surface area contributed by atoms with Crippen LogP contribution in [-0.4, -0.2) is 79.5 Å². The fraction of sp³-hybridized carbons (Fsp3) is 0.720. The first-order valence-electron chi connectivity index (χ1n) is 12.8. The molecule has 3 heterocycles. The lowest BCUT2D eigenvalue weighted by Crippen LogP contribution is -2.52. The summed E-state index contributed by atoms with van der Waals surface area (Å²) in [5, 5.41) is 0.499. The van der Waals surface area contributed by atoms with Crippen molar-refractivity contribution in [2.75, 3.05) is 32.8 Å². The molecule has 0 aliphatic carbocycles. The van der Waals surface area contributed by atoms with Crippen molar-refractivity contribution in [2.24, 2.45) is 0 Å². The minimum Gasteiger partial charge on any atom is -0.448 e. The van der Waals surface area contributed by atoms with E-state index in [0.717, 1.165) is 32.1 Å². The van der Waals surface area contributed by atoms with Gasteiger partial charge in [-0.25, -0.2) is 13.2 Å². The second-order valence-corrected chi connectivity index (χ2v) is 12.1. The van der Waals surface area contributed by atoms with Crippen molar-refractivity contribution in [3.8, 4) is 0 Å². The third kappa shape index (κ3) is 5.89. The second-order valence-electron chi connectivity index (χ2n) is 9.83. The third-order valence-corrected chi connectivity index (χ3v) is 9.95. The quantitative estimate of drug-likeness (QED) is 0.551. The molecule has 3 saturated heterocycles. The number of nitrogens with zero attached hydrogens (tertiary/aromatic N) is 3. The lowest BCUT2D eigenvalue weighted by molar-refractivity contribution is 0.0447. The maximum absolute atomic E-state index is 13.5. The van der Waals surface area contributed by atoms with Crippen LogP contribution in [0.15, 0.2) is 29.2 Å². The molecule has 2 atom stereocenters. The van der Waals surface area contributed by atoms with E-state index in [1.807, 2.05) is 6.92 Å².